The molecule has 0 aliphatic heterocycles. The van der Waals surface area contributed by atoms with Crippen molar-refractivity contribution in [1.29, 1.82) is 0 Å². The van der Waals surface area contributed by atoms with Gasteiger partial charge in [-0.1, -0.05) is 0 Å². The number of hydrogen-bond acceptors (Lipinski definition) is 5. The van der Waals surface area contributed by atoms with E-state index >= 15 is 0 Å². The average molecular weight is 298 g/mol. The molecule has 2 aromatic rings. The van der Waals surface area contributed by atoms with E-state index in [9.17, 15) is 0 Å². The van der Waals surface area contributed by atoms with Crippen molar-refractivity contribution in [3.05, 3.63) is 35.8 Å². The minimum absolute atomic E-state index is 0.719. The third-order valence-electron chi connectivity index (χ3n) is 3.99. The lowest BCUT2D eigenvalue weighted by atomic mass is 10.2. The van der Waals surface area contributed by atoms with Crippen molar-refractivity contribution < 1.29 is 4.74 Å². The van der Waals surface area contributed by atoms with E-state index in [4.69, 9.17) is 14.7 Å². The largest absolute Gasteiger partial charge is 0.380 e. The molecule has 0 atom stereocenters. The third-order valence-corrected chi connectivity index (χ3v) is 3.99. The molecule has 116 valence electrons. The number of pyridine rings is 1. The number of rotatable bonds is 6. The Hall–Kier alpha value is -2.01. The van der Waals surface area contributed by atoms with E-state index in [1.165, 1.54) is 11.3 Å². The molecule has 1 aliphatic rings. The number of likely N-dealkylation sites (N-methyl/N-ethyl adjacent to an activating group) is 1. The van der Waals surface area contributed by atoms with Gasteiger partial charge in [-0.2, -0.15) is 0 Å². The van der Waals surface area contributed by atoms with Gasteiger partial charge in [0.1, 0.15) is 5.82 Å². The highest BCUT2D eigenvalue weighted by Gasteiger charge is 2.21. The van der Waals surface area contributed by atoms with E-state index in [0.717, 1.165) is 56.2 Å². The molecule has 0 spiro atoms. The maximum atomic E-state index is 5.47. The van der Waals surface area contributed by atoms with Crippen molar-refractivity contribution in [2.45, 2.75) is 26.2 Å². The second kappa shape index (κ2) is 6.83. The SMILES string of the molecule is CCOCCN(C)c1nc(-c2ccncc2)nc2c1CCC2. The predicted octanol–water partition coefficient (Wildman–Crippen LogP) is 2.50. The molecule has 0 amide bonds. The van der Waals surface area contributed by atoms with Crippen LogP contribution in [-0.2, 0) is 17.6 Å². The lowest BCUT2D eigenvalue weighted by Crippen LogP contribution is -2.25. The minimum Gasteiger partial charge on any atom is -0.380 e. The van der Waals surface area contributed by atoms with Gasteiger partial charge < -0.3 is 9.64 Å². The Bertz CT molecular complexity index is 630. The fourth-order valence-electron chi connectivity index (χ4n) is 2.81. The van der Waals surface area contributed by atoms with Crippen molar-refractivity contribution in [1.82, 2.24) is 15.0 Å². The van der Waals surface area contributed by atoms with Gasteiger partial charge in [0.15, 0.2) is 5.82 Å². The summed E-state index contributed by atoms with van der Waals surface area (Å²) in [6, 6.07) is 3.92. The summed E-state index contributed by atoms with van der Waals surface area (Å²) in [5, 5.41) is 0. The van der Waals surface area contributed by atoms with Crippen LogP contribution in [-0.4, -0.2) is 41.8 Å². The maximum Gasteiger partial charge on any atom is 0.161 e. The molecule has 0 fully saturated rings. The summed E-state index contributed by atoms with van der Waals surface area (Å²) in [6.45, 7) is 4.32. The smallest absolute Gasteiger partial charge is 0.161 e. The number of anilines is 1. The van der Waals surface area contributed by atoms with Crippen molar-refractivity contribution in [3.8, 4) is 11.4 Å². The first-order valence-electron chi connectivity index (χ1n) is 7.88. The number of hydrogen-bond donors (Lipinski definition) is 0. The van der Waals surface area contributed by atoms with E-state index < -0.39 is 0 Å². The van der Waals surface area contributed by atoms with Crippen LogP contribution in [0.3, 0.4) is 0 Å². The average Bonchev–Trinajstić information content (AvgIpc) is 3.03. The van der Waals surface area contributed by atoms with Crippen LogP contribution < -0.4 is 4.90 Å². The highest BCUT2D eigenvalue weighted by atomic mass is 16.5. The molecule has 0 unspecified atom stereocenters. The molecular formula is C17H22N4O. The predicted molar refractivity (Wildman–Crippen MR) is 87.1 cm³/mol. The van der Waals surface area contributed by atoms with Crippen molar-refractivity contribution >= 4 is 5.82 Å². The first kappa shape index (κ1) is 14.9. The fourth-order valence-corrected chi connectivity index (χ4v) is 2.81. The van der Waals surface area contributed by atoms with Crippen molar-refractivity contribution in [2.24, 2.45) is 0 Å². The quantitative estimate of drug-likeness (QED) is 0.767. The maximum absolute atomic E-state index is 5.47. The van der Waals surface area contributed by atoms with Crippen LogP contribution in [0.15, 0.2) is 24.5 Å². The van der Waals surface area contributed by atoms with Gasteiger partial charge in [0.2, 0.25) is 0 Å². The molecule has 2 heterocycles. The highest BCUT2D eigenvalue weighted by Crippen LogP contribution is 2.30. The van der Waals surface area contributed by atoms with Gasteiger partial charge in [-0.25, -0.2) is 9.97 Å². The van der Waals surface area contributed by atoms with Gasteiger partial charge >= 0.3 is 0 Å². The molecule has 0 bridgehead atoms. The minimum atomic E-state index is 0.719. The van der Waals surface area contributed by atoms with Crippen LogP contribution in [0.4, 0.5) is 5.82 Å². The van der Waals surface area contributed by atoms with Gasteiger partial charge in [0.05, 0.1) is 6.61 Å². The van der Waals surface area contributed by atoms with E-state index in [0.29, 0.717) is 0 Å². The van der Waals surface area contributed by atoms with E-state index in [2.05, 4.69) is 16.9 Å². The normalized spacial score (nSPS) is 13.2. The van der Waals surface area contributed by atoms with Crippen LogP contribution in [0, 0.1) is 0 Å². The zero-order valence-corrected chi connectivity index (χ0v) is 13.2. The third kappa shape index (κ3) is 3.09. The van der Waals surface area contributed by atoms with Crippen LogP contribution in [0.5, 0.6) is 0 Å². The Balaban J connectivity index is 1.93. The molecule has 22 heavy (non-hydrogen) atoms. The Morgan fingerprint density at radius 2 is 2.00 bits per heavy atom. The lowest BCUT2D eigenvalue weighted by molar-refractivity contribution is 0.154. The second-order valence-electron chi connectivity index (χ2n) is 5.50. The monoisotopic (exact) mass is 298 g/mol. The summed E-state index contributed by atoms with van der Waals surface area (Å²) < 4.78 is 5.47. The van der Waals surface area contributed by atoms with E-state index in [1.54, 1.807) is 12.4 Å². The molecule has 5 nitrogen and oxygen atoms in total. The Morgan fingerprint density at radius 1 is 1.18 bits per heavy atom. The molecule has 2 aromatic heterocycles. The molecule has 5 heteroatoms. The number of aromatic nitrogens is 3. The zero-order chi connectivity index (χ0) is 15.4. The molecule has 0 aromatic carbocycles. The van der Waals surface area contributed by atoms with Crippen LogP contribution in [0.2, 0.25) is 0 Å². The van der Waals surface area contributed by atoms with E-state index in [-0.39, 0.29) is 0 Å². The molecule has 0 radical (unpaired) electrons. The first-order chi connectivity index (χ1) is 10.8. The summed E-state index contributed by atoms with van der Waals surface area (Å²) >= 11 is 0. The Kier molecular flexibility index (Phi) is 4.63. The second-order valence-corrected chi connectivity index (χ2v) is 5.50. The van der Waals surface area contributed by atoms with Gasteiger partial charge in [-0.3, -0.25) is 4.98 Å². The summed E-state index contributed by atoms with van der Waals surface area (Å²) in [6.07, 6.45) is 6.84. The Morgan fingerprint density at radius 3 is 2.77 bits per heavy atom. The van der Waals surface area contributed by atoms with Crippen LogP contribution in [0.1, 0.15) is 24.6 Å². The lowest BCUT2D eigenvalue weighted by Gasteiger charge is -2.21. The number of ether oxygens (including phenoxy) is 1. The molecule has 0 saturated heterocycles. The highest BCUT2D eigenvalue weighted by molar-refractivity contribution is 5.60. The number of fused-ring (bicyclic) bond motifs is 1. The summed E-state index contributed by atoms with van der Waals surface area (Å²) in [7, 11) is 2.08. The molecule has 0 N–H and O–H groups in total. The van der Waals surface area contributed by atoms with Gasteiger partial charge in [0.25, 0.3) is 0 Å². The van der Waals surface area contributed by atoms with Crippen LogP contribution >= 0.6 is 0 Å². The van der Waals surface area contributed by atoms with Crippen LogP contribution in [0.25, 0.3) is 11.4 Å². The van der Waals surface area contributed by atoms with Gasteiger partial charge in [-0.05, 0) is 38.3 Å². The summed E-state index contributed by atoms with van der Waals surface area (Å²) in [4.78, 5) is 15.8. The number of nitrogens with zero attached hydrogens (tertiary/aromatic N) is 4. The van der Waals surface area contributed by atoms with Gasteiger partial charge in [-0.15, -0.1) is 0 Å². The summed E-state index contributed by atoms with van der Waals surface area (Å²) in [5.41, 5.74) is 3.51. The fraction of sp³-hybridized carbons (Fsp3) is 0.471. The van der Waals surface area contributed by atoms with E-state index in [1.807, 2.05) is 19.1 Å². The molecular weight excluding hydrogens is 276 g/mol. The molecule has 0 saturated carbocycles. The standard InChI is InChI=1S/C17H22N4O/c1-3-22-12-11-21(2)17-14-5-4-6-15(14)19-16(20-17)13-7-9-18-10-8-13/h7-10H,3-6,11-12H2,1-2H3. The zero-order valence-electron chi connectivity index (χ0n) is 13.2. The molecule has 3 rings (SSSR count). The molecule has 1 aliphatic carbocycles. The Labute approximate surface area is 131 Å². The van der Waals surface area contributed by atoms with Crippen molar-refractivity contribution in [3.63, 3.8) is 0 Å². The number of aryl methyl sites for hydroxylation is 1. The van der Waals surface area contributed by atoms with Crippen molar-refractivity contribution in [2.75, 3.05) is 31.7 Å². The van der Waals surface area contributed by atoms with Gasteiger partial charge in [0, 0.05) is 49.4 Å². The topological polar surface area (TPSA) is 51.1 Å². The first-order valence-corrected chi connectivity index (χ1v) is 7.88. The summed E-state index contributed by atoms with van der Waals surface area (Å²) in [5.74, 6) is 1.84.